The predicted molar refractivity (Wildman–Crippen MR) is 80.3 cm³/mol. The van der Waals surface area contributed by atoms with E-state index >= 15 is 0 Å². The lowest BCUT2D eigenvalue weighted by Gasteiger charge is -2.37. The van der Waals surface area contributed by atoms with Gasteiger partial charge in [0.15, 0.2) is 0 Å². The predicted octanol–water partition coefficient (Wildman–Crippen LogP) is 2.09. The van der Waals surface area contributed by atoms with E-state index in [4.69, 9.17) is 4.74 Å². The van der Waals surface area contributed by atoms with Crippen molar-refractivity contribution in [2.45, 2.75) is 52.0 Å². The Morgan fingerprint density at radius 2 is 1.95 bits per heavy atom. The van der Waals surface area contributed by atoms with Crippen LogP contribution in [-0.2, 0) is 9.53 Å². The molecule has 2 N–H and O–H groups in total. The van der Waals surface area contributed by atoms with Crippen molar-refractivity contribution in [3.8, 4) is 0 Å². The van der Waals surface area contributed by atoms with Crippen LogP contribution < -0.4 is 5.32 Å². The molecule has 1 aliphatic carbocycles. The third kappa shape index (κ3) is 4.88. The molecule has 0 aromatic heterocycles. The van der Waals surface area contributed by atoms with Crippen molar-refractivity contribution in [1.82, 2.24) is 10.2 Å². The van der Waals surface area contributed by atoms with E-state index in [1.807, 2.05) is 13.8 Å². The molecule has 1 fully saturated rings. The van der Waals surface area contributed by atoms with Gasteiger partial charge in [0.2, 0.25) is 0 Å². The Hall–Kier alpha value is -1.30. The molecule has 1 saturated carbocycles. The lowest BCUT2D eigenvalue weighted by molar-refractivity contribution is -0.146. The fraction of sp³-hybridized carbons (Fsp3) is 0.867. The molecule has 0 heterocycles. The lowest BCUT2D eigenvalue weighted by atomic mass is 9.77. The normalized spacial score (nSPS) is 25.4. The second-order valence-electron chi connectivity index (χ2n) is 5.78. The number of ether oxygens (including phenoxy) is 1. The average molecular weight is 300 g/mol. The minimum Gasteiger partial charge on any atom is -0.480 e. The fourth-order valence-electron chi connectivity index (χ4n) is 2.65. The number of carboxylic acids is 1. The average Bonchev–Trinajstić information content (AvgIpc) is 2.46. The Morgan fingerprint density at radius 1 is 1.33 bits per heavy atom. The number of likely N-dealkylation sites (N-methyl/N-ethyl adjacent to an activating group) is 1. The number of carbonyl (C=O) groups excluding carboxylic acids is 1. The van der Waals surface area contributed by atoms with Gasteiger partial charge < -0.3 is 20.1 Å². The summed E-state index contributed by atoms with van der Waals surface area (Å²) >= 11 is 0. The van der Waals surface area contributed by atoms with E-state index in [1.54, 1.807) is 4.90 Å². The summed E-state index contributed by atoms with van der Waals surface area (Å²) in [7, 11) is 0. The summed E-state index contributed by atoms with van der Waals surface area (Å²) in [5, 5.41) is 12.3. The largest absolute Gasteiger partial charge is 0.480 e. The van der Waals surface area contributed by atoms with Crippen LogP contribution in [0, 0.1) is 5.92 Å². The zero-order valence-corrected chi connectivity index (χ0v) is 13.4. The molecule has 0 radical (unpaired) electrons. The fourth-order valence-corrected chi connectivity index (χ4v) is 2.65. The highest BCUT2D eigenvalue weighted by molar-refractivity contribution is 5.86. The third-order valence-electron chi connectivity index (χ3n) is 4.26. The molecular formula is C15H28N2O4. The molecule has 0 saturated heterocycles. The molecule has 0 aromatic rings. The molecule has 1 rings (SSSR count). The van der Waals surface area contributed by atoms with E-state index in [0.717, 1.165) is 12.8 Å². The van der Waals surface area contributed by atoms with Crippen molar-refractivity contribution in [3.05, 3.63) is 0 Å². The standard InChI is InChI=1S/C15H28N2O4/c1-4-17(10-11-21-5-2)14(20)16-15(13(18)19)8-6-12(3)7-9-15/h12H,4-11H2,1-3H3,(H,16,20)(H,18,19). The minimum absolute atomic E-state index is 0.311. The summed E-state index contributed by atoms with van der Waals surface area (Å²) in [5.41, 5.74) is -1.11. The Morgan fingerprint density at radius 3 is 2.43 bits per heavy atom. The SMILES string of the molecule is CCOCCN(CC)C(=O)NC1(C(=O)O)CCC(C)CC1. The first-order chi connectivity index (χ1) is 9.95. The van der Waals surface area contributed by atoms with Crippen LogP contribution in [0.25, 0.3) is 0 Å². The van der Waals surface area contributed by atoms with Crippen molar-refractivity contribution in [1.29, 1.82) is 0 Å². The molecule has 0 atom stereocenters. The van der Waals surface area contributed by atoms with Crippen LogP contribution in [0.4, 0.5) is 4.79 Å². The Bertz CT molecular complexity index is 352. The molecule has 6 heteroatoms. The molecule has 0 bridgehead atoms. The Kier molecular flexibility index (Phi) is 6.95. The van der Waals surface area contributed by atoms with Crippen LogP contribution in [-0.4, -0.2) is 53.8 Å². The summed E-state index contributed by atoms with van der Waals surface area (Å²) in [6.07, 6.45) is 2.66. The third-order valence-corrected chi connectivity index (χ3v) is 4.26. The highest BCUT2D eigenvalue weighted by Crippen LogP contribution is 2.32. The highest BCUT2D eigenvalue weighted by Gasteiger charge is 2.43. The maximum atomic E-state index is 12.3. The van der Waals surface area contributed by atoms with Gasteiger partial charge in [-0.3, -0.25) is 0 Å². The summed E-state index contributed by atoms with van der Waals surface area (Å²) in [6, 6.07) is -0.311. The highest BCUT2D eigenvalue weighted by atomic mass is 16.5. The van der Waals surface area contributed by atoms with Gasteiger partial charge in [0, 0.05) is 19.7 Å². The van der Waals surface area contributed by atoms with E-state index in [9.17, 15) is 14.7 Å². The van der Waals surface area contributed by atoms with Gasteiger partial charge in [0.1, 0.15) is 5.54 Å². The zero-order valence-electron chi connectivity index (χ0n) is 13.4. The first-order valence-electron chi connectivity index (χ1n) is 7.83. The van der Waals surface area contributed by atoms with Gasteiger partial charge in [0.25, 0.3) is 0 Å². The molecular weight excluding hydrogens is 272 g/mol. The molecule has 6 nitrogen and oxygen atoms in total. The van der Waals surface area contributed by atoms with Crippen LogP contribution in [0.1, 0.15) is 46.5 Å². The number of aliphatic carboxylic acids is 1. The number of carbonyl (C=O) groups is 2. The zero-order chi connectivity index (χ0) is 15.9. The number of rotatable bonds is 7. The topological polar surface area (TPSA) is 78.9 Å². The Balaban J connectivity index is 2.65. The van der Waals surface area contributed by atoms with Gasteiger partial charge in [-0.2, -0.15) is 0 Å². The number of carboxylic acid groups (broad SMARTS) is 1. The van der Waals surface area contributed by atoms with Crippen molar-refractivity contribution in [2.24, 2.45) is 5.92 Å². The molecule has 0 unspecified atom stereocenters. The van der Waals surface area contributed by atoms with Crippen LogP contribution in [0.5, 0.6) is 0 Å². The molecule has 0 spiro atoms. The van der Waals surface area contributed by atoms with Crippen molar-refractivity contribution in [3.63, 3.8) is 0 Å². The molecule has 2 amide bonds. The number of hydrogen-bond donors (Lipinski definition) is 2. The van der Waals surface area contributed by atoms with Gasteiger partial charge in [-0.15, -0.1) is 0 Å². The van der Waals surface area contributed by atoms with Gasteiger partial charge in [0.05, 0.1) is 6.61 Å². The first-order valence-corrected chi connectivity index (χ1v) is 7.83. The second-order valence-corrected chi connectivity index (χ2v) is 5.78. The van der Waals surface area contributed by atoms with Crippen LogP contribution >= 0.6 is 0 Å². The number of amides is 2. The summed E-state index contributed by atoms with van der Waals surface area (Å²) < 4.78 is 5.25. The number of urea groups is 1. The second kappa shape index (κ2) is 8.22. The van der Waals surface area contributed by atoms with E-state index in [2.05, 4.69) is 12.2 Å². The Labute approximate surface area is 126 Å². The summed E-state index contributed by atoms with van der Waals surface area (Å²) in [4.78, 5) is 25.6. The van der Waals surface area contributed by atoms with Crippen molar-refractivity contribution in [2.75, 3.05) is 26.3 Å². The van der Waals surface area contributed by atoms with E-state index < -0.39 is 11.5 Å². The van der Waals surface area contributed by atoms with Gasteiger partial charge >= 0.3 is 12.0 Å². The van der Waals surface area contributed by atoms with Gasteiger partial charge in [-0.25, -0.2) is 9.59 Å². The monoisotopic (exact) mass is 300 g/mol. The van der Waals surface area contributed by atoms with Gasteiger partial charge in [-0.05, 0) is 45.4 Å². The van der Waals surface area contributed by atoms with Crippen LogP contribution in [0.15, 0.2) is 0 Å². The summed E-state index contributed by atoms with van der Waals surface area (Å²) in [5.74, 6) is -0.404. The maximum Gasteiger partial charge on any atom is 0.329 e. The van der Waals surface area contributed by atoms with E-state index in [1.165, 1.54) is 0 Å². The number of hydrogen-bond acceptors (Lipinski definition) is 3. The van der Waals surface area contributed by atoms with Crippen molar-refractivity contribution >= 4 is 12.0 Å². The lowest BCUT2D eigenvalue weighted by Crippen LogP contribution is -2.59. The molecule has 0 aliphatic heterocycles. The maximum absolute atomic E-state index is 12.3. The first kappa shape index (κ1) is 17.8. The minimum atomic E-state index is -1.11. The summed E-state index contributed by atoms with van der Waals surface area (Å²) in [6.45, 7) is 7.98. The quantitative estimate of drug-likeness (QED) is 0.706. The molecule has 122 valence electrons. The van der Waals surface area contributed by atoms with E-state index in [0.29, 0.717) is 45.1 Å². The number of nitrogens with zero attached hydrogens (tertiary/aromatic N) is 1. The van der Waals surface area contributed by atoms with E-state index in [-0.39, 0.29) is 6.03 Å². The van der Waals surface area contributed by atoms with Crippen molar-refractivity contribution < 1.29 is 19.4 Å². The van der Waals surface area contributed by atoms with Crippen LogP contribution in [0.3, 0.4) is 0 Å². The molecule has 21 heavy (non-hydrogen) atoms. The smallest absolute Gasteiger partial charge is 0.329 e. The van der Waals surface area contributed by atoms with Gasteiger partial charge in [-0.1, -0.05) is 6.92 Å². The molecule has 0 aromatic carbocycles. The van der Waals surface area contributed by atoms with Crippen LogP contribution in [0.2, 0.25) is 0 Å². The molecule has 1 aliphatic rings. The number of nitrogens with one attached hydrogen (secondary N) is 1.